The molecule has 0 bridgehead atoms. The Kier molecular flexibility index (Phi) is 15.8. The molecule has 0 aliphatic heterocycles. The van der Waals surface area contributed by atoms with Gasteiger partial charge in [-0.15, -0.1) is 0 Å². The Hall–Kier alpha value is 0.170. The van der Waals surface area contributed by atoms with Crippen molar-refractivity contribution in [2.75, 3.05) is 0 Å². The highest BCUT2D eigenvalue weighted by Crippen LogP contribution is 2.25. The highest BCUT2D eigenvalue weighted by molar-refractivity contribution is 9.09. The van der Waals surface area contributed by atoms with Gasteiger partial charge in [0.05, 0.1) is 0 Å². The molecular formula is C24H45Br2N2+. The lowest BCUT2D eigenvalue weighted by Crippen LogP contribution is -2.38. The molecule has 0 fully saturated rings. The van der Waals surface area contributed by atoms with Crippen LogP contribution in [0, 0.1) is 6.92 Å². The van der Waals surface area contributed by atoms with Gasteiger partial charge in [-0.25, -0.2) is 9.13 Å². The van der Waals surface area contributed by atoms with Gasteiger partial charge in [-0.1, -0.05) is 90.9 Å². The highest BCUT2D eigenvalue weighted by Gasteiger charge is 2.22. The molecule has 0 spiro atoms. The molecule has 2 unspecified atom stereocenters. The lowest BCUT2D eigenvalue weighted by molar-refractivity contribution is -0.703. The summed E-state index contributed by atoms with van der Waals surface area (Å²) in [5, 5.41) is 0. The second kappa shape index (κ2) is 16.9. The van der Waals surface area contributed by atoms with Crippen molar-refractivity contribution in [3.05, 3.63) is 18.2 Å². The zero-order valence-corrected chi connectivity index (χ0v) is 21.9. The van der Waals surface area contributed by atoms with Crippen LogP contribution >= 0.6 is 31.9 Å². The third-order valence-electron chi connectivity index (χ3n) is 5.83. The normalized spacial score (nSPS) is 13.8. The van der Waals surface area contributed by atoms with Gasteiger partial charge in [-0.3, -0.25) is 0 Å². The first-order chi connectivity index (χ1) is 13.6. The molecule has 0 saturated carbocycles. The standard InChI is InChI=1S/C24H45Br2N2/c1-4-6-8-10-12-14-16-18-23(25)27-20-21-28(22(27)3)24(26)19-17-15-13-11-9-7-5-2/h20-21,23-24H,4-19H2,1-3H3/q+1. The van der Waals surface area contributed by atoms with E-state index >= 15 is 0 Å². The minimum atomic E-state index is 0.419. The number of alkyl halides is 2. The molecule has 0 radical (unpaired) electrons. The lowest BCUT2D eigenvalue weighted by atomic mass is 10.1. The molecule has 0 aliphatic rings. The van der Waals surface area contributed by atoms with Gasteiger partial charge in [0.2, 0.25) is 0 Å². The molecule has 2 nitrogen and oxygen atoms in total. The highest BCUT2D eigenvalue weighted by atomic mass is 79.9. The Morgan fingerprint density at radius 1 is 0.750 bits per heavy atom. The van der Waals surface area contributed by atoms with E-state index in [2.05, 4.69) is 74.2 Å². The molecule has 0 aromatic carbocycles. The zero-order valence-electron chi connectivity index (χ0n) is 18.8. The van der Waals surface area contributed by atoms with E-state index in [1.165, 1.54) is 109 Å². The average molecular weight is 521 g/mol. The van der Waals surface area contributed by atoms with Crippen molar-refractivity contribution in [3.63, 3.8) is 0 Å². The third-order valence-corrected chi connectivity index (χ3v) is 7.63. The number of nitrogens with zero attached hydrogens (tertiary/aromatic N) is 2. The number of imidazole rings is 1. The number of aromatic nitrogens is 2. The van der Waals surface area contributed by atoms with Gasteiger partial charge >= 0.3 is 0 Å². The van der Waals surface area contributed by atoms with Crippen LogP contribution in [0.15, 0.2) is 12.4 Å². The second-order valence-corrected chi connectivity index (χ2v) is 10.5. The first-order valence-electron chi connectivity index (χ1n) is 12.0. The van der Waals surface area contributed by atoms with E-state index in [1.807, 2.05) is 0 Å². The minimum absolute atomic E-state index is 0.419. The van der Waals surface area contributed by atoms with Crippen molar-refractivity contribution < 1.29 is 4.57 Å². The monoisotopic (exact) mass is 519 g/mol. The van der Waals surface area contributed by atoms with Crippen LogP contribution in [-0.2, 0) is 0 Å². The quantitative estimate of drug-likeness (QED) is 0.103. The van der Waals surface area contributed by atoms with Crippen LogP contribution in [0.5, 0.6) is 0 Å². The summed E-state index contributed by atoms with van der Waals surface area (Å²) in [6, 6.07) is 0. The molecule has 0 amide bonds. The van der Waals surface area contributed by atoms with Crippen LogP contribution in [0.2, 0.25) is 0 Å². The summed E-state index contributed by atoms with van der Waals surface area (Å²) in [6.07, 6.45) is 26.2. The molecular weight excluding hydrogens is 476 g/mol. The number of hydrogen-bond donors (Lipinski definition) is 0. The number of unbranched alkanes of at least 4 members (excludes halogenated alkanes) is 12. The predicted molar refractivity (Wildman–Crippen MR) is 131 cm³/mol. The van der Waals surface area contributed by atoms with Gasteiger partial charge in [-0.2, -0.15) is 0 Å². The van der Waals surface area contributed by atoms with E-state index in [9.17, 15) is 0 Å². The molecule has 28 heavy (non-hydrogen) atoms. The molecule has 1 rings (SSSR count). The van der Waals surface area contributed by atoms with Crippen LogP contribution in [0.1, 0.15) is 132 Å². The summed E-state index contributed by atoms with van der Waals surface area (Å²) in [5.74, 6) is 1.34. The molecule has 0 N–H and O–H groups in total. The Balaban J connectivity index is 2.27. The molecule has 164 valence electrons. The van der Waals surface area contributed by atoms with Gasteiger partial charge in [0, 0.05) is 6.92 Å². The number of rotatable bonds is 18. The summed E-state index contributed by atoms with van der Waals surface area (Å²) in [5.41, 5.74) is 0. The fraction of sp³-hybridized carbons (Fsp3) is 0.875. The van der Waals surface area contributed by atoms with Crippen LogP contribution in [-0.4, -0.2) is 4.57 Å². The number of halogens is 2. The Morgan fingerprint density at radius 2 is 1.21 bits per heavy atom. The largest absolute Gasteiger partial charge is 0.255 e. The van der Waals surface area contributed by atoms with Crippen LogP contribution in [0.3, 0.4) is 0 Å². The summed E-state index contributed by atoms with van der Waals surface area (Å²) >= 11 is 7.84. The fourth-order valence-electron chi connectivity index (χ4n) is 3.90. The Morgan fingerprint density at radius 3 is 1.75 bits per heavy atom. The molecule has 2 atom stereocenters. The van der Waals surface area contributed by atoms with Crippen LogP contribution in [0.25, 0.3) is 0 Å². The van der Waals surface area contributed by atoms with Crippen molar-refractivity contribution in [1.29, 1.82) is 0 Å². The van der Waals surface area contributed by atoms with Gasteiger partial charge in [-0.05, 0) is 57.5 Å². The third kappa shape index (κ3) is 10.8. The SMILES string of the molecule is CCCCCCCCCC(Br)n1cc[n+](C(Br)CCCCCCCCC)c1C. The summed E-state index contributed by atoms with van der Waals surface area (Å²) in [4.78, 5) is 0.838. The first kappa shape index (κ1) is 26.2. The van der Waals surface area contributed by atoms with E-state index in [4.69, 9.17) is 0 Å². The maximum Gasteiger partial charge on any atom is 0.255 e. The molecule has 1 heterocycles. The van der Waals surface area contributed by atoms with E-state index in [-0.39, 0.29) is 0 Å². The Bertz CT molecular complexity index is 445. The maximum absolute atomic E-state index is 3.92. The van der Waals surface area contributed by atoms with E-state index in [0.29, 0.717) is 9.90 Å². The van der Waals surface area contributed by atoms with Gasteiger partial charge < -0.3 is 0 Å². The fourth-order valence-corrected chi connectivity index (χ4v) is 5.42. The van der Waals surface area contributed by atoms with Crippen molar-refractivity contribution in [2.24, 2.45) is 0 Å². The summed E-state index contributed by atoms with van der Waals surface area (Å²) < 4.78 is 4.80. The van der Waals surface area contributed by atoms with Crippen molar-refractivity contribution in [1.82, 2.24) is 4.57 Å². The number of hydrogen-bond acceptors (Lipinski definition) is 0. The maximum atomic E-state index is 3.92. The summed E-state index contributed by atoms with van der Waals surface area (Å²) in [7, 11) is 0. The van der Waals surface area contributed by atoms with E-state index in [1.54, 1.807) is 0 Å². The zero-order chi connectivity index (χ0) is 20.6. The smallest absolute Gasteiger partial charge is 0.222 e. The van der Waals surface area contributed by atoms with Crippen molar-refractivity contribution in [3.8, 4) is 0 Å². The predicted octanol–water partition coefficient (Wildman–Crippen LogP) is 9.15. The van der Waals surface area contributed by atoms with Crippen molar-refractivity contribution >= 4 is 31.9 Å². The minimum Gasteiger partial charge on any atom is -0.222 e. The molecule has 4 heteroatoms. The van der Waals surface area contributed by atoms with Crippen LogP contribution in [0.4, 0.5) is 0 Å². The summed E-state index contributed by atoms with van der Waals surface area (Å²) in [6.45, 7) is 6.82. The van der Waals surface area contributed by atoms with Crippen molar-refractivity contribution in [2.45, 2.75) is 133 Å². The van der Waals surface area contributed by atoms with Gasteiger partial charge in [0.25, 0.3) is 5.82 Å². The lowest BCUT2D eigenvalue weighted by Gasteiger charge is -2.11. The van der Waals surface area contributed by atoms with Gasteiger partial charge in [0.1, 0.15) is 12.4 Å². The van der Waals surface area contributed by atoms with Gasteiger partial charge in [0.15, 0.2) is 9.90 Å². The van der Waals surface area contributed by atoms with Crippen LogP contribution < -0.4 is 4.57 Å². The first-order valence-corrected chi connectivity index (χ1v) is 13.8. The Labute approximate surface area is 192 Å². The second-order valence-electron chi connectivity index (χ2n) is 8.35. The molecule has 1 aromatic heterocycles. The molecule has 0 saturated heterocycles. The average Bonchev–Trinajstić information content (AvgIpc) is 3.08. The van der Waals surface area contributed by atoms with E-state index in [0.717, 1.165) is 0 Å². The molecule has 0 aliphatic carbocycles. The van der Waals surface area contributed by atoms with E-state index < -0.39 is 0 Å². The molecule has 1 aromatic rings. The topological polar surface area (TPSA) is 8.81 Å².